The summed E-state index contributed by atoms with van der Waals surface area (Å²) in [6, 6.07) is -0.114. The number of aromatic nitrogens is 4. The topological polar surface area (TPSA) is 81.9 Å². The summed E-state index contributed by atoms with van der Waals surface area (Å²) in [7, 11) is 1.66. The summed E-state index contributed by atoms with van der Waals surface area (Å²) in [4.78, 5) is 12.2. The summed E-state index contributed by atoms with van der Waals surface area (Å²) < 4.78 is 4.94. The van der Waals surface area contributed by atoms with Gasteiger partial charge in [-0.15, -0.1) is 10.2 Å². The average Bonchev–Trinajstić information content (AvgIpc) is 2.58. The van der Waals surface area contributed by atoms with Crippen LogP contribution >= 0.6 is 0 Å². The molecule has 0 radical (unpaired) electrons. The molecule has 7 heteroatoms. The Balaban J connectivity index is 2.22. The van der Waals surface area contributed by atoms with Crippen LogP contribution in [0.3, 0.4) is 0 Å². The third-order valence-corrected chi connectivity index (χ3v) is 1.81. The summed E-state index contributed by atoms with van der Waals surface area (Å²) in [5, 5.41) is 14.0. The monoisotopic (exact) mass is 183 g/mol. The lowest BCUT2D eigenvalue weighted by molar-refractivity contribution is 0.128. The molecule has 2 heterocycles. The van der Waals surface area contributed by atoms with Crippen molar-refractivity contribution in [1.29, 1.82) is 0 Å². The minimum absolute atomic E-state index is 0.114. The minimum Gasteiger partial charge on any atom is -0.436 e. The number of nitrogens with zero attached hydrogens (tertiary/aromatic N) is 4. The normalized spacial score (nSPS) is 27.1. The number of tetrazole rings is 1. The first kappa shape index (κ1) is 7.96. The molecule has 0 bridgehead atoms. The Kier molecular flexibility index (Phi) is 1.64. The molecule has 70 valence electrons. The minimum atomic E-state index is -0.440. The molecule has 2 rings (SSSR count). The van der Waals surface area contributed by atoms with E-state index in [-0.39, 0.29) is 6.04 Å². The number of ether oxygens (including phenoxy) is 1. The lowest BCUT2D eigenvalue weighted by Gasteiger charge is -2.06. The zero-order valence-electron chi connectivity index (χ0n) is 7.26. The molecule has 1 aromatic rings. The van der Waals surface area contributed by atoms with Crippen LogP contribution in [-0.2, 0) is 11.8 Å². The zero-order chi connectivity index (χ0) is 9.42. The maximum absolute atomic E-state index is 10.8. The van der Waals surface area contributed by atoms with Gasteiger partial charge in [-0.3, -0.25) is 0 Å². The Bertz CT molecular complexity index is 336. The van der Waals surface area contributed by atoms with Crippen LogP contribution in [0.4, 0.5) is 4.79 Å². The van der Waals surface area contributed by atoms with Crippen LogP contribution in [0.5, 0.6) is 0 Å². The smallest absolute Gasteiger partial charge is 0.408 e. The second-order valence-corrected chi connectivity index (χ2v) is 2.90. The molecule has 0 aliphatic carbocycles. The summed E-state index contributed by atoms with van der Waals surface area (Å²) >= 11 is 0. The fourth-order valence-electron chi connectivity index (χ4n) is 1.20. The number of nitrogens with one attached hydrogen (secondary N) is 1. The Morgan fingerprint density at radius 3 is 2.85 bits per heavy atom. The Morgan fingerprint density at radius 1 is 1.62 bits per heavy atom. The van der Waals surface area contributed by atoms with Crippen LogP contribution in [0.15, 0.2) is 0 Å². The Hall–Kier alpha value is -1.66. The van der Waals surface area contributed by atoms with E-state index in [9.17, 15) is 4.79 Å². The van der Waals surface area contributed by atoms with Gasteiger partial charge in [-0.2, -0.15) is 4.80 Å². The molecule has 0 saturated carbocycles. The molecule has 1 fully saturated rings. The van der Waals surface area contributed by atoms with Crippen LogP contribution in [0.25, 0.3) is 0 Å². The second kappa shape index (κ2) is 2.68. The van der Waals surface area contributed by atoms with Gasteiger partial charge in [0.1, 0.15) is 0 Å². The highest BCUT2D eigenvalue weighted by molar-refractivity contribution is 5.70. The average molecular weight is 183 g/mol. The molecular formula is C6H9N5O2. The summed E-state index contributed by atoms with van der Waals surface area (Å²) in [5.74, 6) is 0.424. The quantitative estimate of drug-likeness (QED) is 0.627. The molecule has 1 aliphatic heterocycles. The predicted octanol–water partition coefficient (Wildman–Crippen LogP) is -0.621. The van der Waals surface area contributed by atoms with Crippen LogP contribution in [0.2, 0.25) is 0 Å². The number of alkyl carbamates (subject to hydrolysis) is 1. The third-order valence-electron chi connectivity index (χ3n) is 1.81. The van der Waals surface area contributed by atoms with Crippen molar-refractivity contribution in [2.75, 3.05) is 0 Å². The predicted molar refractivity (Wildman–Crippen MR) is 40.6 cm³/mol. The van der Waals surface area contributed by atoms with Gasteiger partial charge < -0.3 is 10.1 Å². The number of amides is 1. The zero-order valence-corrected chi connectivity index (χ0v) is 7.26. The van der Waals surface area contributed by atoms with Crippen molar-refractivity contribution >= 4 is 6.09 Å². The fraction of sp³-hybridized carbons (Fsp3) is 0.667. The van der Waals surface area contributed by atoms with Gasteiger partial charge in [0.05, 0.1) is 13.1 Å². The first-order valence-corrected chi connectivity index (χ1v) is 3.88. The van der Waals surface area contributed by atoms with Crippen LogP contribution in [-0.4, -0.2) is 32.3 Å². The number of rotatable bonds is 1. The molecule has 2 atom stereocenters. The molecule has 0 aromatic carbocycles. The summed E-state index contributed by atoms with van der Waals surface area (Å²) in [6.45, 7) is 1.83. The van der Waals surface area contributed by atoms with E-state index in [1.54, 1.807) is 7.05 Å². The number of hydrogen-bond acceptors (Lipinski definition) is 5. The van der Waals surface area contributed by atoms with E-state index >= 15 is 0 Å². The van der Waals surface area contributed by atoms with Crippen molar-refractivity contribution in [2.45, 2.75) is 19.1 Å². The van der Waals surface area contributed by atoms with E-state index in [0.717, 1.165) is 0 Å². The molecule has 1 N–H and O–H groups in total. The van der Waals surface area contributed by atoms with Crippen LogP contribution < -0.4 is 5.32 Å². The van der Waals surface area contributed by atoms with Crippen LogP contribution in [0, 0.1) is 0 Å². The van der Waals surface area contributed by atoms with Crippen molar-refractivity contribution in [3.05, 3.63) is 5.82 Å². The summed E-state index contributed by atoms with van der Waals surface area (Å²) in [6.07, 6.45) is -0.869. The van der Waals surface area contributed by atoms with Crippen molar-refractivity contribution in [3.8, 4) is 0 Å². The number of carbonyl (C=O) groups is 1. The Morgan fingerprint density at radius 2 is 2.38 bits per heavy atom. The second-order valence-electron chi connectivity index (χ2n) is 2.90. The van der Waals surface area contributed by atoms with E-state index in [1.165, 1.54) is 4.80 Å². The number of aryl methyl sites for hydroxylation is 1. The van der Waals surface area contributed by atoms with Gasteiger partial charge in [0.15, 0.2) is 6.10 Å². The molecule has 1 amide bonds. The van der Waals surface area contributed by atoms with E-state index in [2.05, 4.69) is 20.7 Å². The fourth-order valence-corrected chi connectivity index (χ4v) is 1.20. The van der Waals surface area contributed by atoms with Crippen molar-refractivity contribution in [2.24, 2.45) is 7.05 Å². The highest BCUT2D eigenvalue weighted by Crippen LogP contribution is 2.21. The first-order chi connectivity index (χ1) is 6.16. The van der Waals surface area contributed by atoms with Crippen molar-refractivity contribution in [3.63, 3.8) is 0 Å². The largest absolute Gasteiger partial charge is 0.436 e. The van der Waals surface area contributed by atoms with Gasteiger partial charge in [-0.05, 0) is 12.1 Å². The molecule has 13 heavy (non-hydrogen) atoms. The lowest BCUT2D eigenvalue weighted by atomic mass is 10.2. The van der Waals surface area contributed by atoms with Gasteiger partial charge in [0, 0.05) is 0 Å². The molecule has 1 aliphatic rings. The summed E-state index contributed by atoms with van der Waals surface area (Å²) in [5.41, 5.74) is 0. The highest BCUT2D eigenvalue weighted by Gasteiger charge is 2.35. The molecule has 7 nitrogen and oxygen atoms in total. The van der Waals surface area contributed by atoms with Gasteiger partial charge in [-0.25, -0.2) is 4.79 Å². The van der Waals surface area contributed by atoms with E-state index in [4.69, 9.17) is 4.74 Å². The SMILES string of the molecule is C[C@@H]1NC(=O)O[C@@H]1c1nnn(C)n1. The number of carbonyl (C=O) groups excluding carboxylic acids is 1. The van der Waals surface area contributed by atoms with E-state index in [1.807, 2.05) is 6.92 Å². The van der Waals surface area contributed by atoms with Crippen molar-refractivity contribution in [1.82, 2.24) is 25.5 Å². The molecule has 1 saturated heterocycles. The molecule has 1 aromatic heterocycles. The Labute approximate surface area is 74.1 Å². The van der Waals surface area contributed by atoms with Gasteiger partial charge in [-0.1, -0.05) is 0 Å². The standard InChI is InChI=1S/C6H9N5O2/c1-3-4(13-6(12)7-3)5-8-10-11(2)9-5/h3-4H,1-2H3,(H,7,12)/t3-,4-/m0/s1. The van der Waals surface area contributed by atoms with Crippen LogP contribution in [0.1, 0.15) is 18.9 Å². The number of hydrogen-bond donors (Lipinski definition) is 1. The lowest BCUT2D eigenvalue weighted by Crippen LogP contribution is -2.24. The van der Waals surface area contributed by atoms with Gasteiger partial charge in [0.2, 0.25) is 5.82 Å². The molecule has 0 unspecified atom stereocenters. The molecular weight excluding hydrogens is 174 g/mol. The highest BCUT2D eigenvalue weighted by atomic mass is 16.6. The van der Waals surface area contributed by atoms with E-state index < -0.39 is 12.2 Å². The number of cyclic esters (lactones) is 1. The van der Waals surface area contributed by atoms with Gasteiger partial charge in [0.25, 0.3) is 0 Å². The van der Waals surface area contributed by atoms with Gasteiger partial charge >= 0.3 is 6.09 Å². The molecule has 0 spiro atoms. The first-order valence-electron chi connectivity index (χ1n) is 3.88. The third kappa shape index (κ3) is 1.32. The maximum Gasteiger partial charge on any atom is 0.408 e. The maximum atomic E-state index is 10.8. The van der Waals surface area contributed by atoms with Crippen molar-refractivity contribution < 1.29 is 9.53 Å². The van der Waals surface area contributed by atoms with E-state index in [0.29, 0.717) is 5.82 Å².